The molecule has 0 spiro atoms. The van der Waals surface area contributed by atoms with Gasteiger partial charge in [-0.15, -0.1) is 0 Å². The van der Waals surface area contributed by atoms with Crippen LogP contribution in [0.5, 0.6) is 0 Å². The van der Waals surface area contributed by atoms with Crippen LogP contribution in [0.25, 0.3) is 0 Å². The van der Waals surface area contributed by atoms with E-state index in [9.17, 15) is 4.79 Å². The highest BCUT2D eigenvalue weighted by molar-refractivity contribution is 5.91. The Bertz CT molecular complexity index is 276. The summed E-state index contributed by atoms with van der Waals surface area (Å²) in [5.41, 5.74) is 2.47. The van der Waals surface area contributed by atoms with Crippen molar-refractivity contribution in [3.05, 3.63) is 35.5 Å². The predicted octanol–water partition coefficient (Wildman–Crippen LogP) is 4.21. The monoisotopic (exact) mass is 206 g/mol. The molecule has 0 aliphatic carbocycles. The number of ketones is 1. The minimum atomic E-state index is 0.197. The third-order valence-corrected chi connectivity index (χ3v) is 1.98. The van der Waals surface area contributed by atoms with Crippen LogP contribution >= 0.6 is 0 Å². The highest BCUT2D eigenvalue weighted by atomic mass is 16.1. The maximum absolute atomic E-state index is 11.4. The normalized spacial score (nSPS) is 11.9. The maximum Gasteiger partial charge on any atom is 0.159 e. The fraction of sp³-hybridized carbons (Fsp3) is 0.500. The molecular formula is C14H22O. The van der Waals surface area contributed by atoms with E-state index in [2.05, 4.69) is 26.0 Å². The van der Waals surface area contributed by atoms with Crippen molar-refractivity contribution in [3.63, 3.8) is 0 Å². The molecule has 0 aromatic heterocycles. The predicted molar refractivity (Wildman–Crippen MR) is 66.9 cm³/mol. The average molecular weight is 206 g/mol. The smallest absolute Gasteiger partial charge is 0.159 e. The number of rotatable bonds is 6. The van der Waals surface area contributed by atoms with Gasteiger partial charge in [0.2, 0.25) is 0 Å². The summed E-state index contributed by atoms with van der Waals surface area (Å²) in [7, 11) is 0. The van der Waals surface area contributed by atoms with E-state index in [1.807, 2.05) is 19.9 Å². The minimum Gasteiger partial charge on any atom is -0.295 e. The van der Waals surface area contributed by atoms with Crippen molar-refractivity contribution in [1.29, 1.82) is 0 Å². The van der Waals surface area contributed by atoms with Crippen LogP contribution in [0.4, 0.5) is 0 Å². The van der Waals surface area contributed by atoms with Crippen molar-refractivity contribution in [2.75, 3.05) is 0 Å². The van der Waals surface area contributed by atoms with Crippen LogP contribution in [-0.2, 0) is 4.79 Å². The highest BCUT2D eigenvalue weighted by Crippen LogP contribution is 2.05. The van der Waals surface area contributed by atoms with Gasteiger partial charge >= 0.3 is 0 Å². The van der Waals surface area contributed by atoms with E-state index in [4.69, 9.17) is 0 Å². The molecule has 0 aromatic rings. The van der Waals surface area contributed by atoms with Crippen molar-refractivity contribution in [2.45, 2.75) is 47.0 Å². The van der Waals surface area contributed by atoms with Gasteiger partial charge in [-0.3, -0.25) is 4.79 Å². The fourth-order valence-electron chi connectivity index (χ4n) is 1.15. The lowest BCUT2D eigenvalue weighted by molar-refractivity contribution is -0.114. The first-order valence-electron chi connectivity index (χ1n) is 5.54. The van der Waals surface area contributed by atoms with Crippen LogP contribution in [0.2, 0.25) is 0 Å². The van der Waals surface area contributed by atoms with Crippen molar-refractivity contribution >= 4 is 5.78 Å². The van der Waals surface area contributed by atoms with Gasteiger partial charge < -0.3 is 0 Å². The van der Waals surface area contributed by atoms with Gasteiger partial charge in [0, 0.05) is 6.42 Å². The van der Waals surface area contributed by atoms with Gasteiger partial charge in [0.25, 0.3) is 0 Å². The second kappa shape index (κ2) is 8.22. The van der Waals surface area contributed by atoms with Crippen molar-refractivity contribution in [2.24, 2.45) is 0 Å². The van der Waals surface area contributed by atoms with E-state index in [1.54, 1.807) is 6.08 Å². The Hall–Kier alpha value is -1.11. The summed E-state index contributed by atoms with van der Waals surface area (Å²) in [5, 5.41) is 0. The number of allylic oxidation sites excluding steroid dienone is 6. The molecule has 0 bridgehead atoms. The summed E-state index contributed by atoms with van der Waals surface area (Å²) >= 11 is 0. The maximum atomic E-state index is 11.4. The quantitative estimate of drug-likeness (QED) is 0.470. The first-order chi connectivity index (χ1) is 7.06. The molecule has 0 saturated carbocycles. The Morgan fingerprint density at radius 2 is 1.80 bits per heavy atom. The number of carbonyl (C=O) groups excluding carboxylic acids is 1. The molecule has 84 valence electrons. The number of carbonyl (C=O) groups is 1. The van der Waals surface area contributed by atoms with Crippen LogP contribution in [0.1, 0.15) is 47.0 Å². The molecule has 0 amide bonds. The Labute approximate surface area is 93.6 Å². The third kappa shape index (κ3) is 9.20. The van der Waals surface area contributed by atoms with E-state index < -0.39 is 0 Å². The van der Waals surface area contributed by atoms with Gasteiger partial charge in [-0.1, -0.05) is 36.3 Å². The summed E-state index contributed by atoms with van der Waals surface area (Å²) in [4.78, 5) is 11.4. The van der Waals surface area contributed by atoms with Crippen LogP contribution in [-0.4, -0.2) is 5.78 Å². The fourth-order valence-corrected chi connectivity index (χ4v) is 1.15. The zero-order valence-electron chi connectivity index (χ0n) is 10.3. The van der Waals surface area contributed by atoms with Crippen molar-refractivity contribution < 1.29 is 4.79 Å². The van der Waals surface area contributed by atoms with E-state index in [0.29, 0.717) is 6.42 Å². The second-order valence-corrected chi connectivity index (χ2v) is 4.02. The molecule has 0 fully saturated rings. The van der Waals surface area contributed by atoms with Gasteiger partial charge in [0.1, 0.15) is 0 Å². The van der Waals surface area contributed by atoms with E-state index in [1.165, 1.54) is 5.57 Å². The molecule has 15 heavy (non-hydrogen) atoms. The summed E-state index contributed by atoms with van der Waals surface area (Å²) in [5.74, 6) is 0.197. The van der Waals surface area contributed by atoms with E-state index >= 15 is 0 Å². The van der Waals surface area contributed by atoms with Gasteiger partial charge in [0.05, 0.1) is 0 Å². The zero-order chi connectivity index (χ0) is 11.7. The molecule has 0 radical (unpaired) electrons. The van der Waals surface area contributed by atoms with Crippen LogP contribution < -0.4 is 0 Å². The molecule has 0 atom stereocenters. The Balaban J connectivity index is 4.01. The molecule has 0 rings (SSSR count). The standard InChI is InChI=1S/C14H22O/c1-5-6-10-14(15)11-13(4)9-7-8-12(2)3/h6,8-10H,5,7,11H2,1-4H3. The van der Waals surface area contributed by atoms with Crippen LogP contribution in [0.3, 0.4) is 0 Å². The molecule has 1 heteroatoms. The lowest BCUT2D eigenvalue weighted by Gasteiger charge is -1.96. The topological polar surface area (TPSA) is 17.1 Å². The lowest BCUT2D eigenvalue weighted by atomic mass is 10.1. The molecule has 0 aliphatic heterocycles. The molecule has 0 unspecified atom stereocenters. The summed E-state index contributed by atoms with van der Waals surface area (Å²) in [6.45, 7) is 8.20. The molecule has 0 aromatic carbocycles. The number of hydrogen-bond acceptors (Lipinski definition) is 1. The SMILES string of the molecule is CCC=CC(=O)CC(C)=CCC=C(C)C. The first-order valence-corrected chi connectivity index (χ1v) is 5.54. The van der Waals surface area contributed by atoms with Gasteiger partial charge in [-0.2, -0.15) is 0 Å². The van der Waals surface area contributed by atoms with Gasteiger partial charge in [0.15, 0.2) is 5.78 Å². The Morgan fingerprint density at radius 1 is 1.13 bits per heavy atom. The Kier molecular flexibility index (Phi) is 7.61. The van der Waals surface area contributed by atoms with Crippen molar-refractivity contribution in [3.8, 4) is 0 Å². The molecule has 0 saturated heterocycles. The number of hydrogen-bond donors (Lipinski definition) is 0. The van der Waals surface area contributed by atoms with Crippen LogP contribution in [0.15, 0.2) is 35.5 Å². The second-order valence-electron chi connectivity index (χ2n) is 4.02. The molecular weight excluding hydrogens is 184 g/mol. The largest absolute Gasteiger partial charge is 0.295 e. The van der Waals surface area contributed by atoms with Gasteiger partial charge in [-0.25, -0.2) is 0 Å². The summed E-state index contributed by atoms with van der Waals surface area (Å²) in [6, 6.07) is 0. The molecule has 0 heterocycles. The minimum absolute atomic E-state index is 0.197. The molecule has 1 nitrogen and oxygen atoms in total. The molecule has 0 N–H and O–H groups in total. The third-order valence-electron chi connectivity index (χ3n) is 1.98. The van der Waals surface area contributed by atoms with Crippen molar-refractivity contribution in [1.82, 2.24) is 0 Å². The zero-order valence-corrected chi connectivity index (χ0v) is 10.3. The summed E-state index contributed by atoms with van der Waals surface area (Å²) < 4.78 is 0. The molecule has 0 aliphatic rings. The summed E-state index contributed by atoms with van der Waals surface area (Å²) in [6.07, 6.45) is 10.3. The average Bonchev–Trinajstić information content (AvgIpc) is 2.14. The van der Waals surface area contributed by atoms with Crippen LogP contribution in [0, 0.1) is 0 Å². The van der Waals surface area contributed by atoms with Gasteiger partial charge in [-0.05, 0) is 39.7 Å². The lowest BCUT2D eigenvalue weighted by Crippen LogP contribution is -1.93. The first kappa shape index (κ1) is 13.9. The Morgan fingerprint density at radius 3 is 2.33 bits per heavy atom. The highest BCUT2D eigenvalue weighted by Gasteiger charge is 1.96. The van der Waals surface area contributed by atoms with E-state index in [0.717, 1.165) is 18.4 Å². The van der Waals surface area contributed by atoms with E-state index in [-0.39, 0.29) is 5.78 Å².